The summed E-state index contributed by atoms with van der Waals surface area (Å²) >= 11 is 18.0. The zero-order valence-corrected chi connectivity index (χ0v) is 21.3. The first-order valence-corrected chi connectivity index (χ1v) is 12.0. The first-order valence-electron chi connectivity index (χ1n) is 10.9. The van der Waals surface area contributed by atoms with Crippen LogP contribution in [0, 0.1) is 0 Å². The van der Waals surface area contributed by atoms with Gasteiger partial charge in [0.2, 0.25) is 0 Å². The largest absolute Gasteiger partial charge is 0.422 e. The lowest BCUT2D eigenvalue weighted by molar-refractivity contribution is -0.120. The summed E-state index contributed by atoms with van der Waals surface area (Å²) in [6.07, 6.45) is 1.37. The number of nitrogens with zero attached hydrogens (tertiary/aromatic N) is 1. The molecule has 0 aliphatic carbocycles. The Labute approximate surface area is 227 Å². The molecule has 0 radical (unpaired) electrons. The van der Waals surface area contributed by atoms with Crippen molar-refractivity contribution in [3.63, 3.8) is 0 Å². The van der Waals surface area contributed by atoms with E-state index in [1.807, 2.05) is 24.3 Å². The minimum Gasteiger partial charge on any atom is -0.422 e. The molecule has 2 N–H and O–H groups in total. The van der Waals surface area contributed by atoms with Crippen molar-refractivity contribution < 1.29 is 19.1 Å². The molecule has 0 aliphatic rings. The third-order valence-corrected chi connectivity index (χ3v) is 5.95. The van der Waals surface area contributed by atoms with Crippen molar-refractivity contribution in [1.82, 2.24) is 10.7 Å². The van der Waals surface area contributed by atoms with E-state index in [0.717, 1.165) is 10.8 Å². The summed E-state index contributed by atoms with van der Waals surface area (Å²) in [5, 5.41) is 9.05. The zero-order valence-electron chi connectivity index (χ0n) is 19.0. The van der Waals surface area contributed by atoms with Crippen LogP contribution in [0.15, 0.2) is 84.0 Å². The van der Waals surface area contributed by atoms with E-state index in [4.69, 9.17) is 39.5 Å². The molecule has 186 valence electrons. The number of halogens is 3. The standard InChI is InChI=1S/C27H18Cl3N3O4/c28-18-6-3-5-17(12-18)26(35)31-15-25(34)33-32-14-22-20-7-2-1-4-16(20)8-11-24(22)37-27(36)21-10-9-19(29)13-23(21)30/h1-14H,15H2,(H,31,35)(H,33,34)/b32-14+. The van der Waals surface area contributed by atoms with Crippen LogP contribution < -0.4 is 15.5 Å². The Bertz CT molecular complexity index is 1540. The molecule has 0 unspecified atom stereocenters. The van der Waals surface area contributed by atoms with E-state index in [1.54, 1.807) is 30.3 Å². The number of carbonyl (C=O) groups is 3. The second-order valence-corrected chi connectivity index (χ2v) is 8.98. The van der Waals surface area contributed by atoms with Gasteiger partial charge in [0.15, 0.2) is 0 Å². The summed E-state index contributed by atoms with van der Waals surface area (Å²) < 4.78 is 5.62. The van der Waals surface area contributed by atoms with Crippen molar-refractivity contribution in [3.05, 3.63) is 111 Å². The van der Waals surface area contributed by atoms with Crippen LogP contribution in [0.3, 0.4) is 0 Å². The highest BCUT2D eigenvalue weighted by molar-refractivity contribution is 6.36. The summed E-state index contributed by atoms with van der Waals surface area (Å²) in [6.45, 7) is -0.310. The number of fused-ring (bicyclic) bond motifs is 1. The summed E-state index contributed by atoms with van der Waals surface area (Å²) in [6, 6.07) is 21.6. The number of hydrogen-bond acceptors (Lipinski definition) is 5. The van der Waals surface area contributed by atoms with Gasteiger partial charge in [-0.2, -0.15) is 5.10 Å². The summed E-state index contributed by atoms with van der Waals surface area (Å²) in [7, 11) is 0. The first kappa shape index (κ1) is 26.2. The van der Waals surface area contributed by atoms with E-state index in [0.29, 0.717) is 21.2 Å². The molecule has 2 amide bonds. The molecule has 7 nitrogen and oxygen atoms in total. The third kappa shape index (κ3) is 6.65. The van der Waals surface area contributed by atoms with Gasteiger partial charge in [-0.3, -0.25) is 9.59 Å². The summed E-state index contributed by atoms with van der Waals surface area (Å²) in [5.74, 6) is -1.48. The molecule has 4 aromatic rings. The van der Waals surface area contributed by atoms with Gasteiger partial charge in [0.25, 0.3) is 11.8 Å². The van der Waals surface area contributed by atoms with Crippen molar-refractivity contribution in [2.24, 2.45) is 5.10 Å². The molecule has 0 fully saturated rings. The second-order valence-electron chi connectivity index (χ2n) is 7.70. The minimum atomic E-state index is -0.681. The van der Waals surface area contributed by atoms with Gasteiger partial charge >= 0.3 is 5.97 Å². The number of hydrazone groups is 1. The maximum Gasteiger partial charge on any atom is 0.345 e. The van der Waals surface area contributed by atoms with Crippen molar-refractivity contribution >= 4 is 69.6 Å². The fourth-order valence-electron chi connectivity index (χ4n) is 3.41. The lowest BCUT2D eigenvalue weighted by Gasteiger charge is -2.11. The van der Waals surface area contributed by atoms with Crippen LogP contribution >= 0.6 is 34.8 Å². The number of hydrogen-bond donors (Lipinski definition) is 2. The molecule has 37 heavy (non-hydrogen) atoms. The second kappa shape index (κ2) is 11.9. The fourth-order valence-corrected chi connectivity index (χ4v) is 4.08. The first-order chi connectivity index (χ1) is 17.8. The van der Waals surface area contributed by atoms with Gasteiger partial charge in [0, 0.05) is 21.2 Å². The van der Waals surface area contributed by atoms with E-state index in [-0.39, 0.29) is 22.9 Å². The van der Waals surface area contributed by atoms with Crippen LogP contribution in [0.4, 0.5) is 0 Å². The lowest BCUT2D eigenvalue weighted by Crippen LogP contribution is -2.34. The molecule has 0 saturated carbocycles. The predicted molar refractivity (Wildman–Crippen MR) is 145 cm³/mol. The molecule has 0 aromatic heterocycles. The predicted octanol–water partition coefficient (Wildman–Crippen LogP) is 5.90. The Morgan fingerprint density at radius 2 is 1.65 bits per heavy atom. The highest BCUT2D eigenvalue weighted by Crippen LogP contribution is 2.29. The molecule has 0 saturated heterocycles. The number of ether oxygens (including phenoxy) is 1. The number of benzene rings is 4. The molecular weight excluding hydrogens is 537 g/mol. The molecule has 0 bridgehead atoms. The number of carbonyl (C=O) groups excluding carboxylic acids is 3. The molecule has 4 rings (SSSR count). The van der Waals surface area contributed by atoms with E-state index in [1.165, 1.54) is 30.5 Å². The fraction of sp³-hybridized carbons (Fsp3) is 0.0370. The van der Waals surface area contributed by atoms with E-state index in [2.05, 4.69) is 15.8 Å². The molecule has 10 heteroatoms. The van der Waals surface area contributed by atoms with E-state index in [9.17, 15) is 14.4 Å². The zero-order chi connectivity index (χ0) is 26.4. The molecular formula is C27H18Cl3N3O4. The van der Waals surface area contributed by atoms with Crippen molar-refractivity contribution in [2.45, 2.75) is 0 Å². The van der Waals surface area contributed by atoms with Crippen molar-refractivity contribution in [1.29, 1.82) is 0 Å². The van der Waals surface area contributed by atoms with Crippen LogP contribution in [0.5, 0.6) is 5.75 Å². The Hall–Kier alpha value is -3.91. The van der Waals surface area contributed by atoms with Gasteiger partial charge in [-0.15, -0.1) is 0 Å². The maximum atomic E-state index is 12.8. The van der Waals surface area contributed by atoms with Crippen LogP contribution in [-0.4, -0.2) is 30.5 Å². The average Bonchev–Trinajstić information content (AvgIpc) is 2.88. The van der Waals surface area contributed by atoms with Crippen molar-refractivity contribution in [3.8, 4) is 5.75 Å². The number of esters is 1. The number of amides is 2. The van der Waals surface area contributed by atoms with Gasteiger partial charge in [-0.25, -0.2) is 10.2 Å². The summed E-state index contributed by atoms with van der Waals surface area (Å²) in [5.41, 5.74) is 3.28. The third-order valence-electron chi connectivity index (χ3n) is 5.16. The highest BCUT2D eigenvalue weighted by Gasteiger charge is 2.16. The monoisotopic (exact) mass is 553 g/mol. The van der Waals surface area contributed by atoms with Crippen LogP contribution in [0.25, 0.3) is 10.8 Å². The van der Waals surface area contributed by atoms with E-state index >= 15 is 0 Å². The topological polar surface area (TPSA) is 96.9 Å². The Balaban J connectivity index is 1.49. The molecule has 4 aromatic carbocycles. The average molecular weight is 555 g/mol. The molecule has 0 aliphatic heterocycles. The number of nitrogens with one attached hydrogen (secondary N) is 2. The normalized spacial score (nSPS) is 10.9. The maximum absolute atomic E-state index is 12.8. The minimum absolute atomic E-state index is 0.144. The Morgan fingerprint density at radius 1 is 0.865 bits per heavy atom. The van der Waals surface area contributed by atoms with Crippen molar-refractivity contribution in [2.75, 3.05) is 6.54 Å². The molecule has 0 heterocycles. The molecule has 0 spiro atoms. The summed E-state index contributed by atoms with van der Waals surface area (Å²) in [4.78, 5) is 37.2. The SMILES string of the molecule is O=C(CNC(=O)c1cccc(Cl)c1)N/N=C/c1c(OC(=O)c2ccc(Cl)cc2Cl)ccc2ccccc12. The van der Waals surface area contributed by atoms with Gasteiger partial charge in [-0.1, -0.05) is 71.2 Å². The van der Waals surface area contributed by atoms with Gasteiger partial charge < -0.3 is 10.1 Å². The quantitative estimate of drug-likeness (QED) is 0.129. The van der Waals surface area contributed by atoms with Gasteiger partial charge in [0.1, 0.15) is 5.75 Å². The Morgan fingerprint density at radius 3 is 2.43 bits per heavy atom. The number of rotatable bonds is 7. The Kier molecular flexibility index (Phi) is 8.40. The highest BCUT2D eigenvalue weighted by atomic mass is 35.5. The van der Waals surface area contributed by atoms with E-state index < -0.39 is 17.8 Å². The van der Waals surface area contributed by atoms with Gasteiger partial charge in [0.05, 0.1) is 23.3 Å². The van der Waals surface area contributed by atoms with Crippen LogP contribution in [0.1, 0.15) is 26.3 Å². The van der Waals surface area contributed by atoms with Crippen LogP contribution in [-0.2, 0) is 4.79 Å². The molecule has 0 atom stereocenters. The lowest BCUT2D eigenvalue weighted by atomic mass is 10.0. The van der Waals surface area contributed by atoms with Crippen LogP contribution in [0.2, 0.25) is 15.1 Å². The smallest absolute Gasteiger partial charge is 0.345 e. The van der Waals surface area contributed by atoms with Gasteiger partial charge in [-0.05, 0) is 53.2 Å².